The lowest BCUT2D eigenvalue weighted by molar-refractivity contribution is -0.275. The third-order valence-electron chi connectivity index (χ3n) is 3.86. The molecule has 3 rings (SSSR count). The average molecular weight is 380 g/mol. The topological polar surface area (TPSA) is 18.5 Å². The number of hydrogen-bond acceptors (Lipinski definition) is 2. The number of hydrogen-bond donors (Lipinski definition) is 0. The van der Waals surface area contributed by atoms with E-state index >= 15 is 0 Å². The quantitative estimate of drug-likeness (QED) is 0.501. The van der Waals surface area contributed by atoms with Gasteiger partial charge in [0.2, 0.25) is 0 Å². The largest absolute Gasteiger partial charge is 0.573 e. The van der Waals surface area contributed by atoms with Crippen molar-refractivity contribution in [2.75, 3.05) is 7.11 Å². The fourth-order valence-electron chi connectivity index (χ4n) is 2.59. The van der Waals surface area contributed by atoms with E-state index in [-0.39, 0.29) is 5.56 Å². The zero-order valence-corrected chi connectivity index (χ0v) is 14.0. The molecule has 0 amide bonds. The monoisotopic (exact) mass is 380 g/mol. The van der Waals surface area contributed by atoms with Crippen LogP contribution in [-0.2, 0) is 0 Å². The van der Waals surface area contributed by atoms with Crippen molar-refractivity contribution in [3.8, 4) is 33.8 Å². The Morgan fingerprint density at radius 3 is 1.78 bits per heavy atom. The van der Waals surface area contributed by atoms with Crippen LogP contribution in [0.1, 0.15) is 0 Å². The molecule has 0 saturated carbocycles. The minimum atomic E-state index is -4.99. The Morgan fingerprint density at radius 2 is 1.26 bits per heavy atom. The highest BCUT2D eigenvalue weighted by Gasteiger charge is 2.32. The first-order chi connectivity index (χ1) is 12.8. The van der Waals surface area contributed by atoms with Crippen molar-refractivity contribution in [2.45, 2.75) is 6.36 Å². The summed E-state index contributed by atoms with van der Waals surface area (Å²) in [6.07, 6.45) is -4.99. The predicted molar refractivity (Wildman–Crippen MR) is 90.5 cm³/mol. The summed E-state index contributed by atoms with van der Waals surface area (Å²) >= 11 is 0. The van der Waals surface area contributed by atoms with Gasteiger partial charge in [-0.1, -0.05) is 30.3 Å². The van der Waals surface area contributed by atoms with E-state index in [4.69, 9.17) is 4.74 Å². The van der Waals surface area contributed by atoms with E-state index in [1.54, 1.807) is 30.3 Å². The van der Waals surface area contributed by atoms with Gasteiger partial charge < -0.3 is 9.47 Å². The van der Waals surface area contributed by atoms with E-state index in [0.717, 1.165) is 12.1 Å². The summed E-state index contributed by atoms with van der Waals surface area (Å²) in [5, 5.41) is 0. The number of methoxy groups -OCH3 is 1. The second-order valence-corrected chi connectivity index (χ2v) is 5.62. The molecule has 0 saturated heterocycles. The van der Waals surface area contributed by atoms with E-state index in [1.165, 1.54) is 25.3 Å². The fourth-order valence-corrected chi connectivity index (χ4v) is 2.59. The zero-order valence-electron chi connectivity index (χ0n) is 14.0. The maximum Gasteiger partial charge on any atom is 0.573 e. The molecule has 0 unspecified atom stereocenters. The van der Waals surface area contributed by atoms with Crippen LogP contribution in [0.2, 0.25) is 0 Å². The van der Waals surface area contributed by atoms with Crippen LogP contribution in [-0.4, -0.2) is 13.5 Å². The van der Waals surface area contributed by atoms with Gasteiger partial charge in [-0.05, 0) is 47.0 Å². The molecule has 140 valence electrons. The molecule has 0 bridgehead atoms. The highest BCUT2D eigenvalue weighted by Crippen LogP contribution is 2.32. The molecule has 0 aliphatic heterocycles. The molecule has 3 aromatic rings. The molecular weight excluding hydrogens is 367 g/mol. The minimum absolute atomic E-state index is 0.224. The number of rotatable bonds is 4. The Balaban J connectivity index is 1.90. The molecule has 0 aromatic heterocycles. The first-order valence-electron chi connectivity index (χ1n) is 7.76. The minimum Gasteiger partial charge on any atom is -0.497 e. The van der Waals surface area contributed by atoms with Gasteiger partial charge in [0.1, 0.15) is 11.6 Å². The number of ether oxygens (including phenoxy) is 2. The molecule has 0 radical (unpaired) electrons. The molecule has 0 aliphatic carbocycles. The third kappa shape index (κ3) is 4.36. The van der Waals surface area contributed by atoms with Gasteiger partial charge in [-0.2, -0.15) is 0 Å². The molecule has 0 atom stereocenters. The van der Waals surface area contributed by atoms with Crippen LogP contribution in [0.4, 0.5) is 22.0 Å². The Bertz CT molecular complexity index is 950. The lowest BCUT2D eigenvalue weighted by Gasteiger charge is -2.11. The highest BCUT2D eigenvalue weighted by atomic mass is 19.4. The van der Waals surface area contributed by atoms with E-state index < -0.39 is 23.7 Å². The molecule has 0 spiro atoms. The van der Waals surface area contributed by atoms with Gasteiger partial charge in [0.15, 0.2) is 11.6 Å². The Morgan fingerprint density at radius 1 is 0.704 bits per heavy atom. The second kappa shape index (κ2) is 7.26. The number of halogens is 5. The van der Waals surface area contributed by atoms with Crippen molar-refractivity contribution in [3.63, 3.8) is 0 Å². The van der Waals surface area contributed by atoms with Crippen LogP contribution in [0, 0.1) is 11.6 Å². The van der Waals surface area contributed by atoms with Gasteiger partial charge in [-0.25, -0.2) is 8.78 Å². The zero-order chi connectivity index (χ0) is 19.6. The first kappa shape index (κ1) is 18.7. The van der Waals surface area contributed by atoms with Gasteiger partial charge in [0.25, 0.3) is 0 Å². The van der Waals surface area contributed by atoms with Crippen LogP contribution in [0.15, 0.2) is 60.7 Å². The van der Waals surface area contributed by atoms with Crippen molar-refractivity contribution in [1.82, 2.24) is 0 Å². The summed E-state index contributed by atoms with van der Waals surface area (Å²) < 4.78 is 73.6. The van der Waals surface area contributed by atoms with Crippen LogP contribution in [0.3, 0.4) is 0 Å². The van der Waals surface area contributed by atoms with Crippen LogP contribution in [0.25, 0.3) is 22.3 Å². The van der Waals surface area contributed by atoms with Gasteiger partial charge in [0.05, 0.1) is 7.11 Å². The molecule has 3 aromatic carbocycles. The normalized spacial score (nSPS) is 11.3. The smallest absolute Gasteiger partial charge is 0.497 e. The average Bonchev–Trinajstić information content (AvgIpc) is 2.62. The molecule has 0 heterocycles. The molecule has 7 heteroatoms. The van der Waals surface area contributed by atoms with Gasteiger partial charge >= 0.3 is 6.36 Å². The molecule has 0 N–H and O–H groups in total. The van der Waals surface area contributed by atoms with Crippen molar-refractivity contribution >= 4 is 0 Å². The molecule has 2 nitrogen and oxygen atoms in total. The fraction of sp³-hybridized carbons (Fsp3) is 0.100. The predicted octanol–water partition coefficient (Wildman–Crippen LogP) is 6.21. The Hall–Kier alpha value is -3.09. The van der Waals surface area contributed by atoms with Crippen LogP contribution >= 0.6 is 0 Å². The van der Waals surface area contributed by atoms with E-state index in [9.17, 15) is 22.0 Å². The summed E-state index contributed by atoms with van der Waals surface area (Å²) in [5.41, 5.74) is 1.50. The summed E-state index contributed by atoms with van der Waals surface area (Å²) in [7, 11) is 1.52. The summed E-state index contributed by atoms with van der Waals surface area (Å²) in [6.45, 7) is 0. The number of alkyl halides is 3. The lowest BCUT2D eigenvalue weighted by Crippen LogP contribution is -2.17. The van der Waals surface area contributed by atoms with E-state index in [2.05, 4.69) is 4.74 Å². The van der Waals surface area contributed by atoms with Gasteiger partial charge in [0, 0.05) is 5.56 Å². The third-order valence-corrected chi connectivity index (χ3v) is 3.86. The summed E-state index contributed by atoms with van der Waals surface area (Å²) in [6, 6.07) is 14.0. The molecule has 0 fully saturated rings. The SMILES string of the molecule is COc1ccc(-c2ccc(-c3ccc(OC(F)(F)F)c(F)c3)cc2F)cc1. The highest BCUT2D eigenvalue weighted by molar-refractivity contribution is 5.71. The Labute approximate surface area is 151 Å². The second-order valence-electron chi connectivity index (χ2n) is 5.62. The van der Waals surface area contributed by atoms with Crippen molar-refractivity contribution in [1.29, 1.82) is 0 Å². The van der Waals surface area contributed by atoms with Crippen LogP contribution in [0.5, 0.6) is 11.5 Å². The first-order valence-corrected chi connectivity index (χ1v) is 7.76. The molecular formula is C20H13F5O2. The van der Waals surface area contributed by atoms with E-state index in [0.29, 0.717) is 22.4 Å². The number of benzene rings is 3. The summed E-state index contributed by atoms with van der Waals surface area (Å²) in [5.74, 6) is -2.05. The van der Waals surface area contributed by atoms with Gasteiger partial charge in [-0.3, -0.25) is 0 Å². The standard InChI is InChI=1S/C20H13F5O2/c1-26-15-6-2-12(3-7-15)16-8-4-13(10-17(16)21)14-5-9-19(18(22)11-14)27-20(23,24)25/h2-11H,1H3. The van der Waals surface area contributed by atoms with Crippen molar-refractivity contribution in [2.24, 2.45) is 0 Å². The Kier molecular flexibility index (Phi) is 5.03. The van der Waals surface area contributed by atoms with Crippen molar-refractivity contribution < 1.29 is 31.4 Å². The van der Waals surface area contributed by atoms with E-state index in [1.807, 2.05) is 0 Å². The van der Waals surface area contributed by atoms with Crippen LogP contribution < -0.4 is 9.47 Å². The molecule has 27 heavy (non-hydrogen) atoms. The molecule has 0 aliphatic rings. The summed E-state index contributed by atoms with van der Waals surface area (Å²) in [4.78, 5) is 0. The van der Waals surface area contributed by atoms with Crippen molar-refractivity contribution in [3.05, 3.63) is 72.3 Å². The van der Waals surface area contributed by atoms with Gasteiger partial charge in [-0.15, -0.1) is 13.2 Å². The maximum absolute atomic E-state index is 14.5. The lowest BCUT2D eigenvalue weighted by atomic mass is 9.99. The maximum atomic E-state index is 14.5.